The van der Waals surface area contributed by atoms with E-state index in [0.717, 1.165) is 30.7 Å². The lowest BCUT2D eigenvalue weighted by Gasteiger charge is -2.18. The number of ether oxygens (including phenoxy) is 1. The summed E-state index contributed by atoms with van der Waals surface area (Å²) in [6.07, 6.45) is 1.81. The van der Waals surface area contributed by atoms with Crippen LogP contribution in [0.25, 0.3) is 0 Å². The Hall–Kier alpha value is -1.87. The second-order valence-electron chi connectivity index (χ2n) is 5.03. The highest BCUT2D eigenvalue weighted by Crippen LogP contribution is 2.20. The molecule has 2 aromatic rings. The molecule has 2 aromatic carbocycles. The largest absolute Gasteiger partial charge is 0.496 e. The Morgan fingerprint density at radius 2 is 1.95 bits per heavy atom. The molecule has 0 spiro atoms. The van der Waals surface area contributed by atoms with Crippen molar-refractivity contribution in [2.24, 2.45) is 0 Å². The molecule has 0 fully saturated rings. The summed E-state index contributed by atoms with van der Waals surface area (Å²) in [5, 5.41) is 3.49. The van der Waals surface area contributed by atoms with E-state index in [1.165, 1.54) is 11.6 Å². The van der Waals surface area contributed by atoms with Crippen molar-refractivity contribution in [2.45, 2.75) is 25.8 Å². The van der Waals surface area contributed by atoms with Crippen molar-refractivity contribution < 1.29 is 9.13 Å². The van der Waals surface area contributed by atoms with Crippen LogP contribution in [0.4, 0.5) is 4.39 Å². The molecule has 0 aromatic heterocycles. The molecule has 3 heteroatoms. The van der Waals surface area contributed by atoms with E-state index < -0.39 is 0 Å². The highest BCUT2D eigenvalue weighted by atomic mass is 19.1. The number of hydrogen-bond acceptors (Lipinski definition) is 2. The minimum Gasteiger partial charge on any atom is -0.496 e. The maximum Gasteiger partial charge on any atom is 0.123 e. The number of methoxy groups -OCH3 is 1. The zero-order valence-electron chi connectivity index (χ0n) is 12.6. The topological polar surface area (TPSA) is 21.3 Å². The van der Waals surface area contributed by atoms with Crippen LogP contribution in [-0.4, -0.2) is 13.7 Å². The zero-order chi connectivity index (χ0) is 15.1. The minimum absolute atomic E-state index is 0.176. The van der Waals surface area contributed by atoms with Gasteiger partial charge in [-0.1, -0.05) is 37.3 Å². The van der Waals surface area contributed by atoms with Gasteiger partial charge in [0.1, 0.15) is 11.6 Å². The molecule has 0 heterocycles. The van der Waals surface area contributed by atoms with Crippen LogP contribution in [-0.2, 0) is 6.42 Å². The molecule has 0 aliphatic rings. The molecular weight excluding hydrogens is 265 g/mol. The molecule has 2 rings (SSSR count). The fourth-order valence-corrected chi connectivity index (χ4v) is 2.51. The van der Waals surface area contributed by atoms with Gasteiger partial charge in [0.15, 0.2) is 0 Å². The standard InChI is InChI=1S/C18H22FNO/c1-3-17(15-8-6-9-16(19)13-15)20-12-11-14-7-4-5-10-18(14)21-2/h4-10,13,17,20H,3,11-12H2,1-2H3. The Kier molecular flexibility index (Phi) is 5.76. The van der Waals surface area contributed by atoms with Crippen LogP contribution < -0.4 is 10.1 Å². The molecule has 1 unspecified atom stereocenters. The second kappa shape index (κ2) is 7.79. The fourth-order valence-electron chi connectivity index (χ4n) is 2.51. The first-order valence-electron chi connectivity index (χ1n) is 7.35. The van der Waals surface area contributed by atoms with Gasteiger partial charge in [0.2, 0.25) is 0 Å². The Morgan fingerprint density at radius 3 is 2.67 bits per heavy atom. The van der Waals surface area contributed by atoms with Gasteiger partial charge >= 0.3 is 0 Å². The van der Waals surface area contributed by atoms with Gasteiger partial charge in [-0.15, -0.1) is 0 Å². The molecular formula is C18H22FNO. The molecule has 1 N–H and O–H groups in total. The van der Waals surface area contributed by atoms with E-state index >= 15 is 0 Å². The summed E-state index contributed by atoms with van der Waals surface area (Å²) < 4.78 is 18.7. The Balaban J connectivity index is 1.95. The third-order valence-corrected chi connectivity index (χ3v) is 3.64. The van der Waals surface area contributed by atoms with E-state index in [4.69, 9.17) is 4.74 Å². The lowest BCUT2D eigenvalue weighted by atomic mass is 10.0. The second-order valence-corrected chi connectivity index (χ2v) is 5.03. The van der Waals surface area contributed by atoms with Crippen molar-refractivity contribution in [3.63, 3.8) is 0 Å². The van der Waals surface area contributed by atoms with Gasteiger partial charge in [0, 0.05) is 6.04 Å². The maximum absolute atomic E-state index is 13.3. The van der Waals surface area contributed by atoms with E-state index in [2.05, 4.69) is 18.3 Å². The molecule has 0 aliphatic heterocycles. The summed E-state index contributed by atoms with van der Waals surface area (Å²) in [7, 11) is 1.69. The quantitative estimate of drug-likeness (QED) is 0.827. The van der Waals surface area contributed by atoms with Gasteiger partial charge in [-0.3, -0.25) is 0 Å². The summed E-state index contributed by atoms with van der Waals surface area (Å²) in [5.74, 6) is 0.732. The summed E-state index contributed by atoms with van der Waals surface area (Å²) in [6.45, 7) is 2.93. The number of rotatable bonds is 7. The molecule has 0 bridgehead atoms. The van der Waals surface area contributed by atoms with Crippen LogP contribution in [0.3, 0.4) is 0 Å². The average Bonchev–Trinajstić information content (AvgIpc) is 2.52. The number of nitrogens with one attached hydrogen (secondary N) is 1. The Morgan fingerprint density at radius 1 is 1.14 bits per heavy atom. The van der Waals surface area contributed by atoms with Crippen LogP contribution in [0.2, 0.25) is 0 Å². The minimum atomic E-state index is -0.183. The summed E-state index contributed by atoms with van der Waals surface area (Å²) >= 11 is 0. The van der Waals surface area contributed by atoms with Gasteiger partial charge in [-0.05, 0) is 48.7 Å². The van der Waals surface area contributed by atoms with Gasteiger partial charge in [-0.2, -0.15) is 0 Å². The molecule has 0 radical (unpaired) electrons. The van der Waals surface area contributed by atoms with E-state index in [1.807, 2.05) is 24.3 Å². The SMILES string of the molecule is CCC(NCCc1ccccc1OC)c1cccc(F)c1. The number of halogens is 1. The fraction of sp³-hybridized carbons (Fsp3) is 0.333. The molecule has 0 saturated carbocycles. The smallest absolute Gasteiger partial charge is 0.123 e. The summed E-state index contributed by atoms with van der Waals surface area (Å²) in [6, 6.07) is 15.0. The van der Waals surface area contributed by atoms with Crippen LogP contribution in [0.15, 0.2) is 48.5 Å². The maximum atomic E-state index is 13.3. The lowest BCUT2D eigenvalue weighted by molar-refractivity contribution is 0.408. The lowest BCUT2D eigenvalue weighted by Crippen LogP contribution is -2.23. The van der Waals surface area contributed by atoms with Gasteiger partial charge < -0.3 is 10.1 Å². The van der Waals surface area contributed by atoms with Crippen LogP contribution in [0.5, 0.6) is 5.75 Å². The highest BCUT2D eigenvalue weighted by molar-refractivity contribution is 5.33. The number of hydrogen-bond donors (Lipinski definition) is 1. The Bertz CT molecular complexity index is 571. The molecule has 1 atom stereocenters. The Labute approximate surface area is 126 Å². The van der Waals surface area contributed by atoms with Crippen LogP contribution >= 0.6 is 0 Å². The third kappa shape index (κ3) is 4.30. The predicted molar refractivity (Wildman–Crippen MR) is 84.1 cm³/mol. The van der Waals surface area contributed by atoms with Crippen molar-refractivity contribution in [1.29, 1.82) is 0 Å². The van der Waals surface area contributed by atoms with E-state index in [1.54, 1.807) is 19.2 Å². The van der Waals surface area contributed by atoms with E-state index in [0.29, 0.717) is 0 Å². The molecule has 0 saturated heterocycles. The first-order valence-corrected chi connectivity index (χ1v) is 7.35. The van der Waals surface area contributed by atoms with E-state index in [9.17, 15) is 4.39 Å². The molecule has 21 heavy (non-hydrogen) atoms. The van der Waals surface area contributed by atoms with Gasteiger partial charge in [0.25, 0.3) is 0 Å². The van der Waals surface area contributed by atoms with E-state index in [-0.39, 0.29) is 11.9 Å². The third-order valence-electron chi connectivity index (χ3n) is 3.64. The predicted octanol–water partition coefficient (Wildman–Crippen LogP) is 4.12. The monoisotopic (exact) mass is 287 g/mol. The first-order chi connectivity index (χ1) is 10.2. The average molecular weight is 287 g/mol. The van der Waals surface area contributed by atoms with Crippen molar-refractivity contribution in [3.05, 3.63) is 65.5 Å². The molecule has 112 valence electrons. The number of para-hydroxylation sites is 1. The van der Waals surface area contributed by atoms with Crippen LogP contribution in [0, 0.1) is 5.82 Å². The highest BCUT2D eigenvalue weighted by Gasteiger charge is 2.09. The van der Waals surface area contributed by atoms with Crippen molar-refractivity contribution in [3.8, 4) is 5.75 Å². The summed E-state index contributed by atoms with van der Waals surface area (Å²) in [4.78, 5) is 0. The van der Waals surface area contributed by atoms with Gasteiger partial charge in [0.05, 0.1) is 7.11 Å². The number of benzene rings is 2. The zero-order valence-corrected chi connectivity index (χ0v) is 12.6. The van der Waals surface area contributed by atoms with Crippen molar-refractivity contribution in [2.75, 3.05) is 13.7 Å². The molecule has 0 aliphatic carbocycles. The molecule has 0 amide bonds. The van der Waals surface area contributed by atoms with Crippen LogP contribution in [0.1, 0.15) is 30.5 Å². The van der Waals surface area contributed by atoms with Crippen molar-refractivity contribution >= 4 is 0 Å². The first kappa shape index (κ1) is 15.5. The normalized spacial score (nSPS) is 12.1. The van der Waals surface area contributed by atoms with Gasteiger partial charge in [-0.25, -0.2) is 4.39 Å². The summed E-state index contributed by atoms with van der Waals surface area (Å²) in [5.41, 5.74) is 2.18. The van der Waals surface area contributed by atoms with Crippen molar-refractivity contribution in [1.82, 2.24) is 5.32 Å². The molecule has 2 nitrogen and oxygen atoms in total.